The van der Waals surface area contributed by atoms with Gasteiger partial charge in [-0.1, -0.05) is 6.92 Å². The monoisotopic (exact) mass is 297 g/mol. The van der Waals surface area contributed by atoms with Gasteiger partial charge in [-0.2, -0.15) is 0 Å². The Morgan fingerprint density at radius 2 is 2.41 bits per heavy atom. The Morgan fingerprint density at radius 1 is 1.59 bits per heavy atom. The molecule has 1 aliphatic rings. The lowest BCUT2D eigenvalue weighted by Crippen LogP contribution is -2.38. The third-order valence-corrected chi connectivity index (χ3v) is 4.32. The third-order valence-electron chi connectivity index (χ3n) is 3.34. The van der Waals surface area contributed by atoms with Crippen LogP contribution in [0.25, 0.3) is 0 Å². The first kappa shape index (κ1) is 12.8. The van der Waals surface area contributed by atoms with Gasteiger partial charge < -0.3 is 10.2 Å². The summed E-state index contributed by atoms with van der Waals surface area (Å²) in [5, 5.41) is 3.44. The summed E-state index contributed by atoms with van der Waals surface area (Å²) in [6.45, 7) is 7.47. The van der Waals surface area contributed by atoms with Gasteiger partial charge in [0.25, 0.3) is 0 Å². The lowest BCUT2D eigenvalue weighted by molar-refractivity contribution is 0.584. The predicted octanol–water partition coefficient (Wildman–Crippen LogP) is 2.73. The number of aromatic nitrogens is 1. The fourth-order valence-corrected chi connectivity index (χ4v) is 2.83. The van der Waals surface area contributed by atoms with Crippen molar-refractivity contribution in [2.24, 2.45) is 0 Å². The minimum absolute atomic E-state index is 0.584. The van der Waals surface area contributed by atoms with Crippen molar-refractivity contribution < 1.29 is 0 Å². The standard InChI is InChI=1S/C13H20BrN3/c1-3-15-9-11-5-4-8-17(11)13-12(14)10(2)6-7-16-13/h6-7,11,15H,3-5,8-9H2,1-2H3. The highest BCUT2D eigenvalue weighted by molar-refractivity contribution is 9.10. The molecule has 1 aliphatic heterocycles. The maximum absolute atomic E-state index is 4.53. The Balaban J connectivity index is 2.17. The van der Waals surface area contributed by atoms with E-state index >= 15 is 0 Å². The van der Waals surface area contributed by atoms with Crippen LogP contribution in [0.1, 0.15) is 25.3 Å². The summed E-state index contributed by atoms with van der Waals surface area (Å²) in [4.78, 5) is 6.96. The van der Waals surface area contributed by atoms with E-state index < -0.39 is 0 Å². The number of nitrogens with zero attached hydrogens (tertiary/aromatic N) is 2. The highest BCUT2D eigenvalue weighted by Crippen LogP contribution is 2.31. The zero-order valence-electron chi connectivity index (χ0n) is 10.5. The van der Waals surface area contributed by atoms with Crippen molar-refractivity contribution >= 4 is 21.7 Å². The molecule has 1 aromatic rings. The van der Waals surface area contributed by atoms with Gasteiger partial charge in [0, 0.05) is 25.3 Å². The summed E-state index contributed by atoms with van der Waals surface area (Å²) >= 11 is 3.66. The first-order valence-electron chi connectivity index (χ1n) is 6.32. The minimum Gasteiger partial charge on any atom is -0.351 e. The van der Waals surface area contributed by atoms with Gasteiger partial charge in [0.05, 0.1) is 4.47 Å². The van der Waals surface area contributed by atoms with E-state index in [9.17, 15) is 0 Å². The molecule has 1 atom stereocenters. The molecule has 17 heavy (non-hydrogen) atoms. The van der Waals surface area contributed by atoms with Crippen molar-refractivity contribution in [2.45, 2.75) is 32.7 Å². The Hall–Kier alpha value is -0.610. The van der Waals surface area contributed by atoms with E-state index in [0.29, 0.717) is 6.04 Å². The molecular weight excluding hydrogens is 278 g/mol. The molecule has 0 aliphatic carbocycles. The summed E-state index contributed by atoms with van der Waals surface area (Å²) < 4.78 is 1.14. The van der Waals surface area contributed by atoms with Crippen molar-refractivity contribution in [1.29, 1.82) is 0 Å². The van der Waals surface area contributed by atoms with Crippen LogP contribution in [0.5, 0.6) is 0 Å². The first-order chi connectivity index (χ1) is 8.24. The number of rotatable bonds is 4. The molecule has 0 spiro atoms. The molecule has 1 saturated heterocycles. The van der Waals surface area contributed by atoms with Gasteiger partial charge >= 0.3 is 0 Å². The van der Waals surface area contributed by atoms with Gasteiger partial charge in [-0.05, 0) is 53.9 Å². The van der Waals surface area contributed by atoms with E-state index in [1.165, 1.54) is 18.4 Å². The molecule has 1 aromatic heterocycles. The van der Waals surface area contributed by atoms with Crippen LogP contribution in [0, 0.1) is 6.92 Å². The van der Waals surface area contributed by atoms with Crippen LogP contribution in [0.4, 0.5) is 5.82 Å². The van der Waals surface area contributed by atoms with Crippen LogP contribution in [0.3, 0.4) is 0 Å². The molecule has 2 rings (SSSR count). The molecule has 0 saturated carbocycles. The normalized spacial score (nSPS) is 19.9. The largest absolute Gasteiger partial charge is 0.351 e. The number of hydrogen-bond acceptors (Lipinski definition) is 3. The van der Waals surface area contributed by atoms with Crippen molar-refractivity contribution in [3.63, 3.8) is 0 Å². The number of halogens is 1. The van der Waals surface area contributed by atoms with Crippen LogP contribution >= 0.6 is 15.9 Å². The van der Waals surface area contributed by atoms with E-state index in [1.54, 1.807) is 0 Å². The van der Waals surface area contributed by atoms with Crippen LogP contribution in [-0.4, -0.2) is 30.7 Å². The number of pyridine rings is 1. The molecule has 0 aromatic carbocycles. The maximum atomic E-state index is 4.53. The van der Waals surface area contributed by atoms with E-state index in [4.69, 9.17) is 0 Å². The minimum atomic E-state index is 0.584. The van der Waals surface area contributed by atoms with Gasteiger partial charge in [-0.3, -0.25) is 0 Å². The quantitative estimate of drug-likeness (QED) is 0.926. The highest BCUT2D eigenvalue weighted by Gasteiger charge is 2.26. The second kappa shape index (κ2) is 5.83. The van der Waals surface area contributed by atoms with Gasteiger partial charge in [-0.25, -0.2) is 4.98 Å². The van der Waals surface area contributed by atoms with Gasteiger partial charge in [0.15, 0.2) is 0 Å². The second-order valence-electron chi connectivity index (χ2n) is 4.56. The Kier molecular flexibility index (Phi) is 4.40. The van der Waals surface area contributed by atoms with Crippen molar-refractivity contribution in [2.75, 3.05) is 24.5 Å². The van der Waals surface area contributed by atoms with Crippen LogP contribution in [0.2, 0.25) is 0 Å². The lowest BCUT2D eigenvalue weighted by atomic mass is 10.2. The average molecular weight is 298 g/mol. The molecule has 1 fully saturated rings. The van der Waals surface area contributed by atoms with E-state index in [2.05, 4.69) is 45.0 Å². The van der Waals surface area contributed by atoms with Crippen molar-refractivity contribution in [3.8, 4) is 0 Å². The lowest BCUT2D eigenvalue weighted by Gasteiger charge is -2.27. The molecule has 1 unspecified atom stereocenters. The maximum Gasteiger partial charge on any atom is 0.143 e. The Labute approximate surface area is 112 Å². The molecule has 4 heteroatoms. The number of likely N-dealkylation sites (N-methyl/N-ethyl adjacent to an activating group) is 1. The molecule has 1 N–H and O–H groups in total. The van der Waals surface area contributed by atoms with E-state index in [1.807, 2.05) is 12.3 Å². The number of nitrogens with one attached hydrogen (secondary N) is 1. The smallest absolute Gasteiger partial charge is 0.143 e. The van der Waals surface area contributed by atoms with Gasteiger partial charge in [0.2, 0.25) is 0 Å². The number of hydrogen-bond donors (Lipinski definition) is 1. The molecule has 0 radical (unpaired) electrons. The summed E-state index contributed by atoms with van der Waals surface area (Å²) in [6, 6.07) is 2.63. The second-order valence-corrected chi connectivity index (χ2v) is 5.36. The van der Waals surface area contributed by atoms with Crippen LogP contribution in [-0.2, 0) is 0 Å². The van der Waals surface area contributed by atoms with Crippen molar-refractivity contribution in [1.82, 2.24) is 10.3 Å². The van der Waals surface area contributed by atoms with Gasteiger partial charge in [-0.15, -0.1) is 0 Å². The number of aryl methyl sites for hydroxylation is 1. The van der Waals surface area contributed by atoms with Crippen molar-refractivity contribution in [3.05, 3.63) is 22.3 Å². The van der Waals surface area contributed by atoms with E-state index in [0.717, 1.165) is 29.9 Å². The summed E-state index contributed by atoms with van der Waals surface area (Å²) in [5.74, 6) is 1.10. The Bertz CT molecular complexity index is 381. The average Bonchev–Trinajstić information content (AvgIpc) is 2.78. The number of anilines is 1. The Morgan fingerprint density at radius 3 is 3.18 bits per heavy atom. The fraction of sp³-hybridized carbons (Fsp3) is 0.615. The molecular formula is C13H20BrN3. The molecule has 2 heterocycles. The molecule has 94 valence electrons. The highest BCUT2D eigenvalue weighted by atomic mass is 79.9. The molecule has 0 amide bonds. The SMILES string of the molecule is CCNCC1CCCN1c1nccc(C)c1Br. The summed E-state index contributed by atoms with van der Waals surface area (Å²) in [7, 11) is 0. The van der Waals surface area contributed by atoms with Crippen LogP contribution < -0.4 is 10.2 Å². The zero-order valence-corrected chi connectivity index (χ0v) is 12.1. The van der Waals surface area contributed by atoms with E-state index in [-0.39, 0.29) is 0 Å². The van der Waals surface area contributed by atoms with Gasteiger partial charge in [0.1, 0.15) is 5.82 Å². The summed E-state index contributed by atoms with van der Waals surface area (Å²) in [6.07, 6.45) is 4.42. The van der Waals surface area contributed by atoms with Crippen LogP contribution in [0.15, 0.2) is 16.7 Å². The molecule has 3 nitrogen and oxygen atoms in total. The topological polar surface area (TPSA) is 28.2 Å². The molecule has 0 bridgehead atoms. The zero-order chi connectivity index (χ0) is 12.3. The first-order valence-corrected chi connectivity index (χ1v) is 7.11. The third kappa shape index (κ3) is 2.80. The fourth-order valence-electron chi connectivity index (χ4n) is 2.36. The predicted molar refractivity (Wildman–Crippen MR) is 75.6 cm³/mol. The summed E-state index contributed by atoms with van der Waals surface area (Å²) in [5.41, 5.74) is 1.25.